The fourth-order valence-corrected chi connectivity index (χ4v) is 3.81. The lowest BCUT2D eigenvalue weighted by Gasteiger charge is -2.23. The fraction of sp³-hybridized carbons (Fsp3) is 0.364. The second kappa shape index (κ2) is 9.73. The molecule has 0 spiro atoms. The average molecular weight is 445 g/mol. The number of ether oxygens (including phenoxy) is 1. The molecule has 2 N–H and O–H groups in total. The maximum atomic E-state index is 12.9. The largest absolute Gasteiger partial charge is 0.493 e. The molecule has 0 aromatic heterocycles. The van der Waals surface area contributed by atoms with Crippen LogP contribution in [0.15, 0.2) is 46.9 Å². The van der Waals surface area contributed by atoms with Gasteiger partial charge in [0.05, 0.1) is 23.4 Å². The Bertz CT molecular complexity index is 847. The van der Waals surface area contributed by atoms with Crippen molar-refractivity contribution in [1.82, 2.24) is 5.32 Å². The van der Waals surface area contributed by atoms with Gasteiger partial charge in [-0.15, -0.1) is 0 Å². The van der Waals surface area contributed by atoms with Gasteiger partial charge in [0.25, 0.3) is 11.8 Å². The third-order valence-electron chi connectivity index (χ3n) is 4.85. The molecular formula is C22H25BrN2O3. The van der Waals surface area contributed by atoms with Crippen LogP contribution < -0.4 is 15.4 Å². The van der Waals surface area contributed by atoms with Crippen LogP contribution in [-0.2, 0) is 0 Å². The molecule has 28 heavy (non-hydrogen) atoms. The summed E-state index contributed by atoms with van der Waals surface area (Å²) in [6.07, 6.45) is 5.54. The number of halogens is 1. The summed E-state index contributed by atoms with van der Waals surface area (Å²) in [7, 11) is 0. The molecule has 0 aliphatic heterocycles. The summed E-state index contributed by atoms with van der Waals surface area (Å²) in [5.41, 5.74) is 1.37. The molecule has 2 aromatic carbocycles. The molecule has 0 atom stereocenters. The van der Waals surface area contributed by atoms with Crippen LogP contribution in [-0.4, -0.2) is 24.5 Å². The van der Waals surface area contributed by atoms with Crippen molar-refractivity contribution in [3.8, 4) is 5.75 Å². The van der Waals surface area contributed by atoms with Crippen molar-refractivity contribution in [3.63, 3.8) is 0 Å². The average Bonchev–Trinajstić information content (AvgIpc) is 2.70. The van der Waals surface area contributed by atoms with Crippen molar-refractivity contribution in [1.29, 1.82) is 0 Å². The number of nitrogens with one attached hydrogen (secondary N) is 2. The van der Waals surface area contributed by atoms with E-state index in [0.29, 0.717) is 29.2 Å². The minimum atomic E-state index is -0.317. The van der Waals surface area contributed by atoms with Crippen LogP contribution >= 0.6 is 15.9 Å². The van der Waals surface area contributed by atoms with Gasteiger partial charge in [0.15, 0.2) is 0 Å². The SMILES string of the molecule is CCOc1ccc(Br)cc1C(=O)Nc1ccccc1C(=O)NC1CCCCC1. The quantitative estimate of drug-likeness (QED) is 0.645. The second-order valence-electron chi connectivity index (χ2n) is 6.88. The topological polar surface area (TPSA) is 67.4 Å². The third-order valence-corrected chi connectivity index (χ3v) is 5.34. The smallest absolute Gasteiger partial charge is 0.259 e. The molecule has 1 fully saturated rings. The minimum Gasteiger partial charge on any atom is -0.493 e. The fourth-order valence-electron chi connectivity index (χ4n) is 3.45. The normalized spacial score (nSPS) is 14.4. The van der Waals surface area contributed by atoms with Gasteiger partial charge in [-0.25, -0.2) is 0 Å². The van der Waals surface area contributed by atoms with E-state index in [-0.39, 0.29) is 17.9 Å². The van der Waals surface area contributed by atoms with Crippen LogP contribution in [0.25, 0.3) is 0 Å². The van der Waals surface area contributed by atoms with Gasteiger partial charge >= 0.3 is 0 Å². The maximum Gasteiger partial charge on any atom is 0.259 e. The van der Waals surface area contributed by atoms with Crippen LogP contribution in [0.4, 0.5) is 5.69 Å². The molecule has 2 aromatic rings. The molecule has 0 heterocycles. The van der Waals surface area contributed by atoms with Gasteiger partial charge in [-0.2, -0.15) is 0 Å². The van der Waals surface area contributed by atoms with E-state index >= 15 is 0 Å². The number of hydrogen-bond acceptors (Lipinski definition) is 3. The van der Waals surface area contributed by atoms with Gasteiger partial charge in [0.1, 0.15) is 5.75 Å². The summed E-state index contributed by atoms with van der Waals surface area (Å²) in [5, 5.41) is 5.98. The van der Waals surface area contributed by atoms with Crippen molar-refractivity contribution in [2.24, 2.45) is 0 Å². The zero-order valence-corrected chi connectivity index (χ0v) is 17.6. The summed E-state index contributed by atoms with van der Waals surface area (Å²) in [6, 6.07) is 12.6. The Morgan fingerprint density at radius 3 is 2.54 bits per heavy atom. The lowest BCUT2D eigenvalue weighted by atomic mass is 9.95. The molecule has 0 radical (unpaired) electrons. The van der Waals surface area contributed by atoms with E-state index in [4.69, 9.17) is 4.74 Å². The molecule has 0 unspecified atom stereocenters. The van der Waals surface area contributed by atoms with E-state index in [1.807, 2.05) is 13.0 Å². The number of para-hydroxylation sites is 1. The summed E-state index contributed by atoms with van der Waals surface area (Å²) in [4.78, 5) is 25.7. The first kappa shape index (κ1) is 20.4. The number of hydrogen-bond donors (Lipinski definition) is 2. The highest BCUT2D eigenvalue weighted by atomic mass is 79.9. The predicted molar refractivity (Wildman–Crippen MR) is 114 cm³/mol. The van der Waals surface area contributed by atoms with E-state index in [1.54, 1.807) is 36.4 Å². The highest BCUT2D eigenvalue weighted by molar-refractivity contribution is 9.10. The number of carbonyl (C=O) groups is 2. The van der Waals surface area contributed by atoms with Crippen molar-refractivity contribution < 1.29 is 14.3 Å². The predicted octanol–water partition coefficient (Wildman–Crippen LogP) is 5.16. The number of benzene rings is 2. The van der Waals surface area contributed by atoms with E-state index in [9.17, 15) is 9.59 Å². The van der Waals surface area contributed by atoms with Gasteiger partial charge in [0.2, 0.25) is 0 Å². The highest BCUT2D eigenvalue weighted by Crippen LogP contribution is 2.26. The van der Waals surface area contributed by atoms with E-state index < -0.39 is 0 Å². The lowest BCUT2D eigenvalue weighted by molar-refractivity contribution is 0.0928. The van der Waals surface area contributed by atoms with Crippen LogP contribution in [0, 0.1) is 0 Å². The first-order valence-corrected chi connectivity index (χ1v) is 10.5. The van der Waals surface area contributed by atoms with Gasteiger partial charge in [-0.1, -0.05) is 47.3 Å². The van der Waals surface area contributed by atoms with Crippen molar-refractivity contribution in [3.05, 3.63) is 58.1 Å². The van der Waals surface area contributed by atoms with Crippen LogP contribution in [0.3, 0.4) is 0 Å². The van der Waals surface area contributed by atoms with Crippen molar-refractivity contribution in [2.75, 3.05) is 11.9 Å². The standard InChI is InChI=1S/C22H25BrN2O3/c1-2-28-20-13-12-15(23)14-18(20)22(27)25-19-11-7-6-10-17(19)21(26)24-16-8-4-3-5-9-16/h6-7,10-14,16H,2-5,8-9H2,1H3,(H,24,26)(H,25,27). The monoisotopic (exact) mass is 444 g/mol. The molecule has 1 aliphatic rings. The third kappa shape index (κ3) is 5.13. The summed E-state index contributed by atoms with van der Waals surface area (Å²) in [6.45, 7) is 2.33. The molecule has 6 heteroatoms. The Hall–Kier alpha value is -2.34. The molecule has 1 aliphatic carbocycles. The molecule has 3 rings (SSSR count). The van der Waals surface area contributed by atoms with E-state index in [2.05, 4.69) is 26.6 Å². The second-order valence-corrected chi connectivity index (χ2v) is 7.80. The first-order chi connectivity index (χ1) is 13.6. The van der Waals surface area contributed by atoms with Gasteiger partial charge in [-0.05, 0) is 50.1 Å². The Kier molecular flexibility index (Phi) is 7.09. The molecule has 148 valence electrons. The Labute approximate surface area is 174 Å². The Morgan fingerprint density at radius 2 is 1.79 bits per heavy atom. The Balaban J connectivity index is 1.78. The van der Waals surface area contributed by atoms with Crippen LogP contribution in [0.2, 0.25) is 0 Å². The van der Waals surface area contributed by atoms with Gasteiger partial charge < -0.3 is 15.4 Å². The highest BCUT2D eigenvalue weighted by Gasteiger charge is 2.20. The number of anilines is 1. The number of carbonyl (C=O) groups excluding carboxylic acids is 2. The minimum absolute atomic E-state index is 0.151. The van der Waals surface area contributed by atoms with Crippen LogP contribution in [0.1, 0.15) is 59.7 Å². The van der Waals surface area contributed by atoms with E-state index in [0.717, 1.165) is 30.2 Å². The zero-order chi connectivity index (χ0) is 19.9. The van der Waals surface area contributed by atoms with E-state index in [1.165, 1.54) is 6.42 Å². The molecule has 2 amide bonds. The molecule has 0 saturated heterocycles. The summed E-state index contributed by atoms with van der Waals surface area (Å²) in [5.74, 6) is 0.0390. The van der Waals surface area contributed by atoms with Gasteiger partial charge in [0, 0.05) is 10.5 Å². The van der Waals surface area contributed by atoms with Crippen LogP contribution in [0.5, 0.6) is 5.75 Å². The number of amides is 2. The summed E-state index contributed by atoms with van der Waals surface area (Å²) < 4.78 is 6.35. The first-order valence-electron chi connectivity index (χ1n) is 9.72. The molecule has 0 bridgehead atoms. The van der Waals surface area contributed by atoms with Crippen molar-refractivity contribution in [2.45, 2.75) is 45.1 Å². The van der Waals surface area contributed by atoms with Crippen molar-refractivity contribution >= 4 is 33.4 Å². The number of rotatable bonds is 6. The summed E-state index contributed by atoms with van der Waals surface area (Å²) >= 11 is 3.39. The van der Waals surface area contributed by atoms with Gasteiger partial charge in [-0.3, -0.25) is 9.59 Å². The molecule has 5 nitrogen and oxygen atoms in total. The molecule has 1 saturated carbocycles. The molecular weight excluding hydrogens is 420 g/mol. The maximum absolute atomic E-state index is 12.9. The lowest BCUT2D eigenvalue weighted by Crippen LogP contribution is -2.36. The zero-order valence-electron chi connectivity index (χ0n) is 16.0. The Morgan fingerprint density at radius 1 is 1.04 bits per heavy atom.